The topological polar surface area (TPSA) is 20.2 Å². The van der Waals surface area contributed by atoms with Crippen molar-refractivity contribution in [2.24, 2.45) is 0 Å². The lowest BCUT2D eigenvalue weighted by Crippen LogP contribution is -1.85. The maximum absolute atomic E-state index is 9.49. The van der Waals surface area contributed by atoms with Crippen LogP contribution >= 0.6 is 0 Å². The Kier molecular flexibility index (Phi) is 4.24. The summed E-state index contributed by atoms with van der Waals surface area (Å²) in [5.41, 5.74) is 2.30. The molecule has 0 bridgehead atoms. The van der Waals surface area contributed by atoms with E-state index in [0.717, 1.165) is 12.0 Å². The van der Waals surface area contributed by atoms with Crippen LogP contribution in [0.25, 0.3) is 6.08 Å². The SMILES string of the molecule is CC=Cc1cc(O)cc(CCCC)c1. The minimum absolute atomic E-state index is 0.367. The van der Waals surface area contributed by atoms with Crippen LogP contribution in [0.4, 0.5) is 0 Å². The molecular formula is C13H18O. The van der Waals surface area contributed by atoms with Crippen molar-refractivity contribution in [1.29, 1.82) is 0 Å². The zero-order chi connectivity index (χ0) is 10.4. The van der Waals surface area contributed by atoms with Crippen molar-refractivity contribution in [2.75, 3.05) is 0 Å². The van der Waals surface area contributed by atoms with Crippen LogP contribution in [-0.4, -0.2) is 5.11 Å². The van der Waals surface area contributed by atoms with E-state index in [1.54, 1.807) is 6.07 Å². The van der Waals surface area contributed by atoms with Crippen LogP contribution in [0.5, 0.6) is 5.75 Å². The molecule has 1 N–H and O–H groups in total. The standard InChI is InChI=1S/C13H18O/c1-3-5-7-12-8-11(6-4-2)9-13(14)10-12/h4,6,8-10,14H,3,5,7H2,1-2H3. The summed E-state index contributed by atoms with van der Waals surface area (Å²) >= 11 is 0. The zero-order valence-corrected chi connectivity index (χ0v) is 8.96. The van der Waals surface area contributed by atoms with Crippen molar-refractivity contribution in [3.8, 4) is 5.75 Å². The molecular weight excluding hydrogens is 172 g/mol. The molecule has 1 aromatic rings. The van der Waals surface area contributed by atoms with Crippen LogP contribution in [0.2, 0.25) is 0 Å². The molecule has 1 heteroatoms. The van der Waals surface area contributed by atoms with Gasteiger partial charge in [-0.3, -0.25) is 0 Å². The summed E-state index contributed by atoms with van der Waals surface area (Å²) in [4.78, 5) is 0. The number of phenolic OH excluding ortho intramolecular Hbond substituents is 1. The molecule has 0 aliphatic rings. The predicted molar refractivity (Wildman–Crippen MR) is 61.4 cm³/mol. The molecule has 0 unspecified atom stereocenters. The summed E-state index contributed by atoms with van der Waals surface area (Å²) in [5.74, 6) is 0.367. The average Bonchev–Trinajstić information content (AvgIpc) is 2.14. The van der Waals surface area contributed by atoms with Gasteiger partial charge in [0.25, 0.3) is 0 Å². The van der Waals surface area contributed by atoms with Crippen molar-refractivity contribution in [3.63, 3.8) is 0 Å². The highest BCUT2D eigenvalue weighted by molar-refractivity contribution is 5.53. The van der Waals surface area contributed by atoms with Crippen molar-refractivity contribution in [2.45, 2.75) is 33.1 Å². The van der Waals surface area contributed by atoms with Gasteiger partial charge in [0.15, 0.2) is 0 Å². The van der Waals surface area contributed by atoms with E-state index in [2.05, 4.69) is 13.0 Å². The first-order valence-electron chi connectivity index (χ1n) is 5.22. The molecule has 1 aromatic carbocycles. The molecule has 0 heterocycles. The quantitative estimate of drug-likeness (QED) is 0.766. The van der Waals surface area contributed by atoms with E-state index in [4.69, 9.17) is 0 Å². The summed E-state index contributed by atoms with van der Waals surface area (Å²) in [6.07, 6.45) is 7.41. The largest absolute Gasteiger partial charge is 0.508 e. The first kappa shape index (κ1) is 10.8. The molecule has 14 heavy (non-hydrogen) atoms. The van der Waals surface area contributed by atoms with Crippen LogP contribution in [0.3, 0.4) is 0 Å². The lowest BCUT2D eigenvalue weighted by Gasteiger charge is -2.03. The van der Waals surface area contributed by atoms with Crippen molar-refractivity contribution in [3.05, 3.63) is 35.4 Å². The number of aromatic hydroxyl groups is 1. The van der Waals surface area contributed by atoms with Gasteiger partial charge in [-0.1, -0.05) is 31.6 Å². The molecule has 76 valence electrons. The Labute approximate surface area is 86.1 Å². The zero-order valence-electron chi connectivity index (χ0n) is 8.96. The third kappa shape index (κ3) is 3.25. The lowest BCUT2D eigenvalue weighted by molar-refractivity contribution is 0.474. The summed E-state index contributed by atoms with van der Waals surface area (Å²) in [6, 6.07) is 5.77. The molecule has 0 spiro atoms. The van der Waals surface area contributed by atoms with E-state index in [0.29, 0.717) is 5.75 Å². The summed E-state index contributed by atoms with van der Waals surface area (Å²) in [6.45, 7) is 4.16. The molecule has 0 radical (unpaired) electrons. The first-order valence-corrected chi connectivity index (χ1v) is 5.22. The Morgan fingerprint density at radius 2 is 2.07 bits per heavy atom. The third-order valence-electron chi connectivity index (χ3n) is 2.18. The smallest absolute Gasteiger partial charge is 0.116 e. The molecule has 0 saturated heterocycles. The van der Waals surface area contributed by atoms with Gasteiger partial charge in [-0.15, -0.1) is 0 Å². The van der Waals surface area contributed by atoms with E-state index in [1.165, 1.54) is 18.4 Å². The fraction of sp³-hybridized carbons (Fsp3) is 0.385. The number of benzene rings is 1. The Bertz CT molecular complexity index is 313. The minimum atomic E-state index is 0.367. The van der Waals surface area contributed by atoms with Gasteiger partial charge in [-0.25, -0.2) is 0 Å². The Morgan fingerprint density at radius 1 is 1.29 bits per heavy atom. The Morgan fingerprint density at radius 3 is 2.71 bits per heavy atom. The van der Waals surface area contributed by atoms with Crippen molar-refractivity contribution < 1.29 is 5.11 Å². The highest BCUT2D eigenvalue weighted by Gasteiger charge is 1.97. The summed E-state index contributed by atoms with van der Waals surface area (Å²) < 4.78 is 0. The predicted octanol–water partition coefficient (Wildman–Crippen LogP) is 3.77. The maximum atomic E-state index is 9.49. The van der Waals surface area contributed by atoms with E-state index in [9.17, 15) is 5.11 Å². The van der Waals surface area contributed by atoms with Crippen LogP contribution in [0.15, 0.2) is 24.3 Å². The minimum Gasteiger partial charge on any atom is -0.508 e. The number of unbranched alkanes of at least 4 members (excludes halogenated alkanes) is 1. The normalized spacial score (nSPS) is 11.0. The number of phenols is 1. The summed E-state index contributed by atoms with van der Waals surface area (Å²) in [7, 11) is 0. The maximum Gasteiger partial charge on any atom is 0.116 e. The molecule has 0 aliphatic heterocycles. The molecule has 0 aliphatic carbocycles. The number of rotatable bonds is 4. The molecule has 1 rings (SSSR count). The third-order valence-corrected chi connectivity index (χ3v) is 2.18. The fourth-order valence-corrected chi connectivity index (χ4v) is 1.51. The van der Waals surface area contributed by atoms with Gasteiger partial charge in [0.2, 0.25) is 0 Å². The number of hydrogen-bond donors (Lipinski definition) is 1. The molecule has 0 saturated carbocycles. The Balaban J connectivity index is 2.83. The first-order chi connectivity index (χ1) is 6.76. The van der Waals surface area contributed by atoms with Crippen LogP contribution in [0, 0.1) is 0 Å². The highest BCUT2D eigenvalue weighted by atomic mass is 16.3. The van der Waals surface area contributed by atoms with Crippen LogP contribution in [-0.2, 0) is 6.42 Å². The van der Waals surface area contributed by atoms with E-state index in [-0.39, 0.29) is 0 Å². The highest BCUT2D eigenvalue weighted by Crippen LogP contribution is 2.18. The van der Waals surface area contributed by atoms with E-state index >= 15 is 0 Å². The second-order valence-corrected chi connectivity index (χ2v) is 3.54. The van der Waals surface area contributed by atoms with Gasteiger partial charge in [-0.05, 0) is 43.0 Å². The van der Waals surface area contributed by atoms with Crippen molar-refractivity contribution >= 4 is 6.08 Å². The number of allylic oxidation sites excluding steroid dienone is 1. The van der Waals surface area contributed by atoms with Crippen molar-refractivity contribution in [1.82, 2.24) is 0 Å². The van der Waals surface area contributed by atoms with E-state index < -0.39 is 0 Å². The van der Waals surface area contributed by atoms with Gasteiger partial charge in [-0.2, -0.15) is 0 Å². The van der Waals surface area contributed by atoms with Crippen LogP contribution in [0.1, 0.15) is 37.8 Å². The molecule has 0 atom stereocenters. The molecule has 0 amide bonds. The van der Waals surface area contributed by atoms with Gasteiger partial charge < -0.3 is 5.11 Å². The fourth-order valence-electron chi connectivity index (χ4n) is 1.51. The van der Waals surface area contributed by atoms with Gasteiger partial charge >= 0.3 is 0 Å². The van der Waals surface area contributed by atoms with Crippen LogP contribution < -0.4 is 0 Å². The van der Waals surface area contributed by atoms with Gasteiger partial charge in [0.1, 0.15) is 5.75 Å². The second kappa shape index (κ2) is 5.48. The van der Waals surface area contributed by atoms with E-state index in [1.807, 2.05) is 25.1 Å². The summed E-state index contributed by atoms with van der Waals surface area (Å²) in [5, 5.41) is 9.49. The monoisotopic (exact) mass is 190 g/mol. The Hall–Kier alpha value is -1.24. The lowest BCUT2D eigenvalue weighted by atomic mass is 10.0. The van der Waals surface area contributed by atoms with Gasteiger partial charge in [0, 0.05) is 0 Å². The number of hydrogen-bond acceptors (Lipinski definition) is 1. The number of aryl methyl sites for hydroxylation is 1. The average molecular weight is 190 g/mol. The second-order valence-electron chi connectivity index (χ2n) is 3.54. The molecule has 0 aromatic heterocycles. The molecule has 1 nitrogen and oxygen atoms in total. The molecule has 0 fully saturated rings. The van der Waals surface area contributed by atoms with Gasteiger partial charge in [0.05, 0.1) is 0 Å².